The topological polar surface area (TPSA) is 71.5 Å². The highest BCUT2D eigenvalue weighted by Gasteiger charge is 2.16. The van der Waals surface area contributed by atoms with Crippen molar-refractivity contribution in [2.24, 2.45) is 0 Å². The maximum absolute atomic E-state index is 11.7. The van der Waals surface area contributed by atoms with E-state index in [1.165, 1.54) is 16.8 Å². The summed E-state index contributed by atoms with van der Waals surface area (Å²) in [7, 11) is 0. The monoisotopic (exact) mass is 261 g/mol. The minimum atomic E-state index is -0.449. The molecule has 100 valence electrons. The van der Waals surface area contributed by atoms with Gasteiger partial charge in [0.2, 0.25) is 5.89 Å². The van der Waals surface area contributed by atoms with Crippen LogP contribution >= 0.6 is 0 Å². The highest BCUT2D eigenvalue weighted by molar-refractivity contribution is 5.53. The molecule has 0 amide bonds. The second-order valence-electron chi connectivity index (χ2n) is 4.69. The fourth-order valence-electron chi connectivity index (χ4n) is 2.23. The molecule has 2 aromatic rings. The van der Waals surface area contributed by atoms with Crippen molar-refractivity contribution in [1.82, 2.24) is 14.7 Å². The lowest BCUT2D eigenvalue weighted by Gasteiger charge is -2.12. The Labute approximate surface area is 109 Å². The van der Waals surface area contributed by atoms with Crippen LogP contribution in [-0.2, 0) is 6.67 Å². The summed E-state index contributed by atoms with van der Waals surface area (Å²) in [6.07, 6.45) is 2.33. The molecule has 0 radical (unpaired) electrons. The first-order valence-corrected chi connectivity index (χ1v) is 6.32. The molecule has 1 fully saturated rings. The maximum atomic E-state index is 11.7. The normalized spacial score (nSPS) is 16.0. The van der Waals surface area contributed by atoms with E-state index in [1.54, 1.807) is 12.1 Å². The summed E-state index contributed by atoms with van der Waals surface area (Å²) in [5, 5.41) is 13.4. The molecule has 1 aliphatic rings. The van der Waals surface area contributed by atoms with E-state index in [0.717, 1.165) is 25.9 Å². The Morgan fingerprint density at radius 1 is 1.21 bits per heavy atom. The Balaban J connectivity index is 1.84. The fraction of sp³-hybridized carbons (Fsp3) is 0.385. The number of likely N-dealkylation sites (tertiary alicyclic amines) is 1. The largest absolute Gasteiger partial charge is 0.508 e. The summed E-state index contributed by atoms with van der Waals surface area (Å²) in [5.41, 5.74) is 0.676. The number of nitrogens with zero attached hydrogens (tertiary/aromatic N) is 3. The quantitative estimate of drug-likeness (QED) is 0.900. The van der Waals surface area contributed by atoms with E-state index in [-0.39, 0.29) is 11.6 Å². The van der Waals surface area contributed by atoms with Crippen LogP contribution < -0.4 is 5.76 Å². The van der Waals surface area contributed by atoms with Crippen molar-refractivity contribution in [3.63, 3.8) is 0 Å². The predicted octanol–water partition coefficient (Wildman–Crippen LogP) is 1.26. The van der Waals surface area contributed by atoms with Crippen molar-refractivity contribution < 1.29 is 9.52 Å². The Kier molecular flexibility index (Phi) is 3.08. The Hall–Kier alpha value is -2.08. The maximum Gasteiger partial charge on any atom is 0.438 e. The lowest BCUT2D eigenvalue weighted by molar-refractivity contribution is 0.245. The lowest BCUT2D eigenvalue weighted by Crippen LogP contribution is -2.29. The van der Waals surface area contributed by atoms with Gasteiger partial charge in [0.15, 0.2) is 0 Å². The van der Waals surface area contributed by atoms with Crippen molar-refractivity contribution in [3.8, 4) is 17.2 Å². The van der Waals surface area contributed by atoms with Crippen LogP contribution in [0.4, 0.5) is 0 Å². The van der Waals surface area contributed by atoms with E-state index < -0.39 is 5.76 Å². The molecule has 3 rings (SSSR count). The van der Waals surface area contributed by atoms with Gasteiger partial charge in [-0.1, -0.05) is 0 Å². The first-order valence-electron chi connectivity index (χ1n) is 6.32. The van der Waals surface area contributed by atoms with Gasteiger partial charge in [-0.15, -0.1) is 5.10 Å². The van der Waals surface area contributed by atoms with E-state index in [1.807, 2.05) is 0 Å². The van der Waals surface area contributed by atoms with Crippen LogP contribution in [0.5, 0.6) is 5.75 Å². The molecule has 0 spiro atoms. The van der Waals surface area contributed by atoms with Gasteiger partial charge < -0.3 is 9.52 Å². The molecular formula is C13H15N3O3. The molecule has 19 heavy (non-hydrogen) atoms. The predicted molar refractivity (Wildman–Crippen MR) is 68.7 cm³/mol. The van der Waals surface area contributed by atoms with Crippen molar-refractivity contribution in [2.75, 3.05) is 13.1 Å². The van der Waals surface area contributed by atoms with Gasteiger partial charge in [-0.2, -0.15) is 4.68 Å². The number of rotatable bonds is 3. The number of hydrogen-bond donors (Lipinski definition) is 1. The molecule has 0 unspecified atom stereocenters. The highest BCUT2D eigenvalue weighted by Crippen LogP contribution is 2.19. The van der Waals surface area contributed by atoms with Gasteiger partial charge in [-0.25, -0.2) is 4.79 Å². The van der Waals surface area contributed by atoms with E-state index in [9.17, 15) is 9.90 Å². The summed E-state index contributed by atoms with van der Waals surface area (Å²) in [6.45, 7) is 2.46. The fourth-order valence-corrected chi connectivity index (χ4v) is 2.23. The molecule has 1 aromatic heterocycles. The van der Waals surface area contributed by atoms with Crippen LogP contribution in [0.15, 0.2) is 33.5 Å². The smallest absolute Gasteiger partial charge is 0.438 e. The third kappa shape index (κ3) is 2.53. The molecule has 6 heteroatoms. The minimum Gasteiger partial charge on any atom is -0.508 e. The van der Waals surface area contributed by atoms with Crippen LogP contribution in [0, 0.1) is 0 Å². The number of benzene rings is 1. The van der Waals surface area contributed by atoms with E-state index in [4.69, 9.17) is 4.42 Å². The third-order valence-corrected chi connectivity index (χ3v) is 3.25. The summed E-state index contributed by atoms with van der Waals surface area (Å²) in [4.78, 5) is 13.9. The molecule has 0 bridgehead atoms. The van der Waals surface area contributed by atoms with E-state index in [2.05, 4.69) is 10.00 Å². The zero-order valence-corrected chi connectivity index (χ0v) is 10.5. The Bertz CT molecular complexity index is 609. The Morgan fingerprint density at radius 3 is 2.58 bits per heavy atom. The first kappa shape index (κ1) is 12.0. The molecule has 1 aromatic carbocycles. The minimum absolute atomic E-state index is 0.169. The summed E-state index contributed by atoms with van der Waals surface area (Å²) < 4.78 is 6.48. The zero-order chi connectivity index (χ0) is 13.2. The van der Waals surface area contributed by atoms with Gasteiger partial charge in [0.25, 0.3) is 0 Å². The molecule has 0 atom stereocenters. The standard InChI is InChI=1S/C13H15N3O3/c17-11-5-3-10(4-6-11)12-14-16(13(18)19-12)9-15-7-1-2-8-15/h3-6,17H,1-2,7-9H2. The van der Waals surface area contributed by atoms with Gasteiger partial charge in [0.05, 0.1) is 0 Å². The second kappa shape index (κ2) is 4.89. The molecule has 6 nitrogen and oxygen atoms in total. The van der Waals surface area contributed by atoms with Gasteiger partial charge in [0, 0.05) is 5.56 Å². The zero-order valence-electron chi connectivity index (χ0n) is 10.5. The average molecular weight is 261 g/mol. The molecule has 0 saturated carbocycles. The van der Waals surface area contributed by atoms with Crippen molar-refractivity contribution >= 4 is 0 Å². The number of aromatic nitrogens is 2. The lowest BCUT2D eigenvalue weighted by atomic mass is 10.2. The highest BCUT2D eigenvalue weighted by atomic mass is 16.4. The van der Waals surface area contributed by atoms with Crippen LogP contribution in [0.25, 0.3) is 11.5 Å². The molecule has 0 aliphatic carbocycles. The molecule has 1 aliphatic heterocycles. The van der Waals surface area contributed by atoms with Gasteiger partial charge in [0.1, 0.15) is 12.4 Å². The van der Waals surface area contributed by atoms with Crippen molar-refractivity contribution in [3.05, 3.63) is 34.8 Å². The third-order valence-electron chi connectivity index (χ3n) is 3.25. The number of phenols is 1. The number of aromatic hydroxyl groups is 1. The van der Waals surface area contributed by atoms with Gasteiger partial charge in [-0.05, 0) is 50.2 Å². The molecule has 2 heterocycles. The summed E-state index contributed by atoms with van der Waals surface area (Å²) >= 11 is 0. The van der Waals surface area contributed by atoms with Crippen molar-refractivity contribution in [1.29, 1.82) is 0 Å². The van der Waals surface area contributed by atoms with Gasteiger partial charge in [-0.3, -0.25) is 4.90 Å². The summed E-state index contributed by atoms with van der Waals surface area (Å²) in [6, 6.07) is 6.41. The Morgan fingerprint density at radius 2 is 1.89 bits per heavy atom. The average Bonchev–Trinajstić information content (AvgIpc) is 3.02. The van der Waals surface area contributed by atoms with Gasteiger partial charge >= 0.3 is 5.76 Å². The number of phenolic OH excluding ortho intramolecular Hbond substituents is 1. The van der Waals surface area contributed by atoms with E-state index in [0.29, 0.717) is 12.2 Å². The van der Waals surface area contributed by atoms with Crippen LogP contribution in [0.2, 0.25) is 0 Å². The van der Waals surface area contributed by atoms with E-state index >= 15 is 0 Å². The molecular weight excluding hydrogens is 246 g/mol. The van der Waals surface area contributed by atoms with Crippen LogP contribution in [0.3, 0.4) is 0 Å². The molecule has 1 saturated heterocycles. The molecule has 1 N–H and O–H groups in total. The number of hydrogen-bond acceptors (Lipinski definition) is 5. The summed E-state index contributed by atoms with van der Waals surface area (Å²) in [5.74, 6) is 0.00164. The second-order valence-corrected chi connectivity index (χ2v) is 4.69. The first-order chi connectivity index (χ1) is 9.22. The van der Waals surface area contributed by atoms with Crippen LogP contribution in [-0.4, -0.2) is 32.9 Å². The van der Waals surface area contributed by atoms with Crippen molar-refractivity contribution in [2.45, 2.75) is 19.5 Å². The SMILES string of the molecule is O=c1oc(-c2ccc(O)cc2)nn1CN1CCCC1. The van der Waals surface area contributed by atoms with Crippen LogP contribution in [0.1, 0.15) is 12.8 Å².